The summed E-state index contributed by atoms with van der Waals surface area (Å²) in [6, 6.07) is 11.0. The van der Waals surface area contributed by atoms with E-state index in [1.165, 1.54) is 7.11 Å². The third-order valence-corrected chi connectivity index (χ3v) is 11.5. The third kappa shape index (κ3) is 8.01. The molecule has 49 heavy (non-hydrogen) atoms. The minimum atomic E-state index is -1.07. The second-order valence-corrected chi connectivity index (χ2v) is 14.9. The fraction of sp³-hybridized carbons (Fsp3) is 0.543. The highest BCUT2D eigenvalue weighted by atomic mass is 79.9. The normalized spacial score (nSPS) is 21.5. The summed E-state index contributed by atoms with van der Waals surface area (Å²) >= 11 is 6.73. The van der Waals surface area contributed by atoms with Crippen molar-refractivity contribution in [3.63, 3.8) is 0 Å². The molecule has 264 valence electrons. The van der Waals surface area contributed by atoms with Crippen molar-refractivity contribution < 1.29 is 33.8 Å². The molecule has 2 atom stereocenters. The van der Waals surface area contributed by atoms with Gasteiger partial charge in [-0.05, 0) is 113 Å². The van der Waals surface area contributed by atoms with E-state index < -0.39 is 12.2 Å². The molecule has 4 heterocycles. The zero-order valence-electron chi connectivity index (χ0n) is 27.6. The van der Waals surface area contributed by atoms with E-state index >= 15 is 0 Å². The van der Waals surface area contributed by atoms with Crippen molar-refractivity contribution in [2.24, 2.45) is 0 Å². The van der Waals surface area contributed by atoms with Gasteiger partial charge in [0.1, 0.15) is 11.8 Å². The first-order valence-corrected chi connectivity index (χ1v) is 18.6. The van der Waals surface area contributed by atoms with Crippen LogP contribution in [0.4, 0.5) is 15.3 Å². The number of ether oxygens (including phenoxy) is 2. The van der Waals surface area contributed by atoms with Crippen molar-refractivity contribution in [2.45, 2.75) is 75.6 Å². The molecule has 0 saturated carbocycles. The van der Waals surface area contributed by atoms with E-state index in [1.54, 1.807) is 21.9 Å². The third-order valence-electron chi connectivity index (χ3n) is 10.3. The number of amides is 4. The van der Waals surface area contributed by atoms with Gasteiger partial charge in [-0.3, -0.25) is 14.5 Å². The zero-order chi connectivity index (χ0) is 34.7. The fourth-order valence-electron chi connectivity index (χ4n) is 7.66. The molecular formula is C35H43Br2N5O7. The van der Waals surface area contributed by atoms with Gasteiger partial charge < -0.3 is 34.6 Å². The molecule has 4 aliphatic heterocycles. The molecule has 0 aromatic heterocycles. The first-order chi connectivity index (χ1) is 23.6. The second kappa shape index (κ2) is 15.7. The van der Waals surface area contributed by atoms with E-state index in [9.17, 15) is 24.3 Å². The molecule has 3 fully saturated rings. The van der Waals surface area contributed by atoms with Crippen LogP contribution < -0.4 is 5.32 Å². The average molecular weight is 806 g/mol. The maximum atomic E-state index is 14.0. The first-order valence-electron chi connectivity index (χ1n) is 17.0. The summed E-state index contributed by atoms with van der Waals surface area (Å²) in [6.07, 6.45) is 3.58. The summed E-state index contributed by atoms with van der Waals surface area (Å²) in [5.74, 6) is -0.435. The van der Waals surface area contributed by atoms with Gasteiger partial charge in [0, 0.05) is 56.9 Å². The smallest absolute Gasteiger partial charge is 0.410 e. The van der Waals surface area contributed by atoms with Crippen LogP contribution in [0.25, 0.3) is 0 Å². The van der Waals surface area contributed by atoms with Crippen LogP contribution in [-0.2, 0) is 31.9 Å². The van der Waals surface area contributed by atoms with Crippen LogP contribution in [0.2, 0.25) is 0 Å². The Balaban J connectivity index is 1.09. The van der Waals surface area contributed by atoms with Gasteiger partial charge in [0.15, 0.2) is 6.10 Å². The van der Waals surface area contributed by atoms with Crippen LogP contribution in [0.15, 0.2) is 45.3 Å². The van der Waals surface area contributed by atoms with Gasteiger partial charge in [-0.2, -0.15) is 0 Å². The predicted molar refractivity (Wildman–Crippen MR) is 189 cm³/mol. The number of methoxy groups -OCH3 is 1. The van der Waals surface area contributed by atoms with Crippen LogP contribution in [0.5, 0.6) is 5.75 Å². The number of piperidine rings is 2. The van der Waals surface area contributed by atoms with Gasteiger partial charge in [-0.25, -0.2) is 9.59 Å². The first kappa shape index (κ1) is 35.5. The Morgan fingerprint density at radius 1 is 0.918 bits per heavy atom. The molecule has 2 aromatic carbocycles. The molecule has 0 spiro atoms. The molecule has 0 aliphatic carbocycles. The molecule has 2 N–H and O–H groups in total. The number of halogens is 2. The van der Waals surface area contributed by atoms with Crippen molar-refractivity contribution in [2.75, 3.05) is 51.7 Å². The number of urea groups is 1. The highest BCUT2D eigenvalue weighted by Crippen LogP contribution is 2.34. The van der Waals surface area contributed by atoms with E-state index in [4.69, 9.17) is 9.47 Å². The Morgan fingerprint density at radius 3 is 2.27 bits per heavy atom. The van der Waals surface area contributed by atoms with Crippen molar-refractivity contribution in [3.8, 4) is 5.75 Å². The van der Waals surface area contributed by atoms with Gasteiger partial charge in [-0.15, -0.1) is 0 Å². The maximum absolute atomic E-state index is 14.0. The van der Waals surface area contributed by atoms with E-state index in [0.29, 0.717) is 72.9 Å². The zero-order valence-corrected chi connectivity index (χ0v) is 30.8. The standard InChI is InChI=1S/C35H43Br2N5O7/c1-48-33(45)29-7-4-13-41(29)24-9-14-39(15-10-24)32(44)30(21-22-19-26(36)31(43)27(37)20-22)49-35(47)40-16-11-25(12-17-40)42-18-8-23-5-2-3-6-28(23)38-34(42)46/h2-3,5-6,19-20,24-25,29-30,43H,4,7-18,21H2,1H3,(H,38,46)/t29-,30-/m1/s1. The number of likely N-dealkylation sites (tertiary alicyclic amines) is 3. The second-order valence-electron chi connectivity index (χ2n) is 13.2. The van der Waals surface area contributed by atoms with Crippen LogP contribution in [0, 0.1) is 0 Å². The van der Waals surface area contributed by atoms with Crippen molar-refractivity contribution in [1.82, 2.24) is 19.6 Å². The number of rotatable bonds is 7. The minimum Gasteiger partial charge on any atom is -0.506 e. The molecule has 6 rings (SSSR count). The summed E-state index contributed by atoms with van der Waals surface area (Å²) in [4.78, 5) is 60.5. The number of hydrogen-bond acceptors (Lipinski definition) is 8. The number of phenolic OH excluding ortho intramolecular Hbond substituents is 1. The van der Waals surface area contributed by atoms with Gasteiger partial charge in [0.05, 0.1) is 16.1 Å². The van der Waals surface area contributed by atoms with Gasteiger partial charge >= 0.3 is 18.1 Å². The number of fused-ring (bicyclic) bond motifs is 1. The number of hydrogen-bond donors (Lipinski definition) is 2. The molecule has 0 unspecified atom stereocenters. The number of anilines is 1. The molecule has 2 aromatic rings. The maximum Gasteiger partial charge on any atom is 0.410 e. The number of nitrogens with one attached hydrogen (secondary N) is 1. The van der Waals surface area contributed by atoms with E-state index in [-0.39, 0.29) is 48.2 Å². The molecule has 3 saturated heterocycles. The lowest BCUT2D eigenvalue weighted by atomic mass is 10.00. The van der Waals surface area contributed by atoms with Crippen LogP contribution in [0.3, 0.4) is 0 Å². The Labute approximate surface area is 303 Å². The average Bonchev–Trinajstić information content (AvgIpc) is 3.54. The Hall–Kier alpha value is -3.36. The number of carbonyl (C=O) groups is 4. The number of benzene rings is 2. The minimum absolute atomic E-state index is 0.0156. The van der Waals surface area contributed by atoms with Gasteiger partial charge in [0.25, 0.3) is 5.91 Å². The van der Waals surface area contributed by atoms with Crippen molar-refractivity contribution >= 4 is 61.5 Å². The number of aromatic hydroxyl groups is 1. The lowest BCUT2D eigenvalue weighted by molar-refractivity contribution is -0.148. The summed E-state index contributed by atoms with van der Waals surface area (Å²) in [5, 5.41) is 13.3. The van der Waals surface area contributed by atoms with Crippen LogP contribution in [-0.4, -0.2) is 119 Å². The highest BCUT2D eigenvalue weighted by molar-refractivity contribution is 9.11. The SMILES string of the molecule is COC(=O)[C@H]1CCCN1C1CCN(C(=O)[C@@H](Cc2cc(Br)c(O)c(Br)c2)OC(=O)N2CCC(N3CCc4ccccc4NC3=O)CC2)CC1. The van der Waals surface area contributed by atoms with Crippen molar-refractivity contribution in [1.29, 1.82) is 0 Å². The number of esters is 1. The topological polar surface area (TPSA) is 132 Å². The van der Waals surface area contributed by atoms with E-state index in [2.05, 4.69) is 42.1 Å². The number of nitrogens with zero attached hydrogens (tertiary/aromatic N) is 4. The van der Waals surface area contributed by atoms with Crippen molar-refractivity contribution in [3.05, 3.63) is 56.5 Å². The van der Waals surface area contributed by atoms with Gasteiger partial charge in [-0.1, -0.05) is 18.2 Å². The number of phenols is 1. The Bertz CT molecular complexity index is 1540. The molecule has 0 bridgehead atoms. The molecule has 0 radical (unpaired) electrons. The summed E-state index contributed by atoms with van der Waals surface area (Å²) in [5.41, 5.74) is 2.65. The Morgan fingerprint density at radius 2 is 1.57 bits per heavy atom. The number of carbonyl (C=O) groups excluding carboxylic acids is 4. The summed E-state index contributed by atoms with van der Waals surface area (Å²) in [7, 11) is 1.42. The Kier molecular flexibility index (Phi) is 11.3. The largest absolute Gasteiger partial charge is 0.506 e. The van der Waals surface area contributed by atoms with Gasteiger partial charge in [0.2, 0.25) is 0 Å². The quantitative estimate of drug-likeness (QED) is 0.368. The molecule has 12 nitrogen and oxygen atoms in total. The molecular weight excluding hydrogens is 762 g/mol. The van der Waals surface area contributed by atoms with E-state index in [0.717, 1.165) is 37.1 Å². The van der Waals surface area contributed by atoms with Crippen LogP contribution in [0.1, 0.15) is 49.7 Å². The lowest BCUT2D eigenvalue weighted by Crippen LogP contribution is -2.53. The molecule has 4 aliphatic rings. The van der Waals surface area contributed by atoms with E-state index in [1.807, 2.05) is 29.2 Å². The summed E-state index contributed by atoms with van der Waals surface area (Å²) < 4.78 is 12.0. The lowest BCUT2D eigenvalue weighted by Gasteiger charge is -2.40. The fourth-order valence-corrected chi connectivity index (χ4v) is 8.94. The highest BCUT2D eigenvalue weighted by Gasteiger charge is 2.40. The summed E-state index contributed by atoms with van der Waals surface area (Å²) in [6.45, 7) is 3.20. The molecule has 14 heteroatoms. The predicted octanol–water partition coefficient (Wildman–Crippen LogP) is 5.15. The molecule has 4 amide bonds. The number of para-hydroxylation sites is 1. The van der Waals surface area contributed by atoms with Crippen LogP contribution >= 0.6 is 31.9 Å². The monoisotopic (exact) mass is 803 g/mol.